The van der Waals surface area contributed by atoms with Crippen molar-refractivity contribution >= 4 is 23.4 Å². The lowest BCUT2D eigenvalue weighted by Gasteiger charge is -2.35. The fraction of sp³-hybridized carbons (Fsp3) is 0.417. The van der Waals surface area contributed by atoms with Crippen molar-refractivity contribution in [1.82, 2.24) is 15.5 Å². The van der Waals surface area contributed by atoms with Crippen molar-refractivity contribution in [3.8, 4) is 0 Å². The fourth-order valence-corrected chi connectivity index (χ4v) is 3.81. The Bertz CT molecular complexity index is 903. The molecule has 1 fully saturated rings. The maximum atomic E-state index is 12.8. The van der Waals surface area contributed by atoms with Crippen LogP contribution in [0.5, 0.6) is 0 Å². The SMILES string of the molecule is CC(C)(C)NC(=O)c1ccc(C(=O)NCC(c2ccccc2Cl)N2CCOCC2)cc1. The molecule has 2 aromatic rings. The lowest BCUT2D eigenvalue weighted by molar-refractivity contribution is 0.0162. The van der Waals surface area contributed by atoms with Crippen LogP contribution in [0.25, 0.3) is 0 Å². The van der Waals surface area contributed by atoms with Gasteiger partial charge < -0.3 is 15.4 Å². The average Bonchev–Trinajstić information content (AvgIpc) is 2.74. The molecule has 2 amide bonds. The van der Waals surface area contributed by atoms with Gasteiger partial charge in [-0.05, 0) is 56.7 Å². The van der Waals surface area contributed by atoms with Crippen molar-refractivity contribution in [3.05, 3.63) is 70.2 Å². The van der Waals surface area contributed by atoms with Gasteiger partial charge in [0.15, 0.2) is 0 Å². The number of nitrogens with zero attached hydrogens (tertiary/aromatic N) is 1. The first-order chi connectivity index (χ1) is 14.7. The summed E-state index contributed by atoms with van der Waals surface area (Å²) in [6.07, 6.45) is 0. The Morgan fingerprint density at radius 1 is 1.00 bits per heavy atom. The van der Waals surface area contributed by atoms with Crippen molar-refractivity contribution in [3.63, 3.8) is 0 Å². The molecule has 2 N–H and O–H groups in total. The Kier molecular flexibility index (Phi) is 7.70. The third-order valence-corrected chi connectivity index (χ3v) is 5.45. The molecule has 1 saturated heterocycles. The van der Waals surface area contributed by atoms with Crippen LogP contribution in [0.3, 0.4) is 0 Å². The molecule has 1 atom stereocenters. The van der Waals surface area contributed by atoms with Crippen molar-refractivity contribution in [2.24, 2.45) is 0 Å². The summed E-state index contributed by atoms with van der Waals surface area (Å²) in [7, 11) is 0. The molecule has 0 aliphatic carbocycles. The largest absolute Gasteiger partial charge is 0.379 e. The molecule has 0 aromatic heterocycles. The van der Waals surface area contributed by atoms with Crippen LogP contribution in [0, 0.1) is 0 Å². The van der Waals surface area contributed by atoms with Crippen LogP contribution in [0.4, 0.5) is 0 Å². The summed E-state index contributed by atoms with van der Waals surface area (Å²) in [6.45, 7) is 9.09. The number of halogens is 1. The zero-order valence-corrected chi connectivity index (χ0v) is 19.0. The summed E-state index contributed by atoms with van der Waals surface area (Å²) in [5.74, 6) is -0.348. The molecule has 6 nitrogen and oxygen atoms in total. The van der Waals surface area contributed by atoms with Gasteiger partial charge in [0.05, 0.1) is 19.3 Å². The minimum absolute atomic E-state index is 0.0432. The second-order valence-corrected chi connectivity index (χ2v) is 9.08. The van der Waals surface area contributed by atoms with Crippen molar-refractivity contribution in [2.75, 3.05) is 32.8 Å². The van der Waals surface area contributed by atoms with Crippen molar-refractivity contribution in [1.29, 1.82) is 0 Å². The summed E-state index contributed by atoms with van der Waals surface area (Å²) in [4.78, 5) is 27.3. The molecule has 0 bridgehead atoms. The Balaban J connectivity index is 1.68. The summed E-state index contributed by atoms with van der Waals surface area (Å²) in [5.41, 5.74) is 1.70. The molecule has 31 heavy (non-hydrogen) atoms. The van der Waals surface area contributed by atoms with Gasteiger partial charge in [0.2, 0.25) is 0 Å². The zero-order chi connectivity index (χ0) is 22.4. The van der Waals surface area contributed by atoms with Gasteiger partial charge in [-0.1, -0.05) is 29.8 Å². The highest BCUT2D eigenvalue weighted by Crippen LogP contribution is 2.27. The number of amides is 2. The zero-order valence-electron chi connectivity index (χ0n) is 18.3. The third-order valence-electron chi connectivity index (χ3n) is 5.10. The highest BCUT2D eigenvalue weighted by molar-refractivity contribution is 6.31. The maximum absolute atomic E-state index is 12.8. The lowest BCUT2D eigenvalue weighted by atomic mass is 10.0. The van der Waals surface area contributed by atoms with E-state index in [0.717, 1.165) is 18.7 Å². The molecule has 2 aromatic carbocycles. The van der Waals surface area contributed by atoms with Crippen LogP contribution in [0.15, 0.2) is 48.5 Å². The standard InChI is InChI=1S/C24H30ClN3O3/c1-24(2,3)27-23(30)18-10-8-17(9-11-18)22(29)26-16-21(28-12-14-31-15-13-28)19-6-4-5-7-20(19)25/h4-11,21H,12-16H2,1-3H3,(H,26,29)(H,27,30). The van der Waals surface area contributed by atoms with E-state index in [1.54, 1.807) is 24.3 Å². The molecule has 1 aliphatic rings. The number of carbonyl (C=O) groups is 2. The van der Waals surface area contributed by atoms with Gasteiger partial charge in [-0.2, -0.15) is 0 Å². The Hall–Kier alpha value is -2.41. The van der Waals surface area contributed by atoms with Gasteiger partial charge >= 0.3 is 0 Å². The minimum atomic E-state index is -0.319. The Labute approximate surface area is 188 Å². The predicted molar refractivity (Wildman–Crippen MR) is 123 cm³/mol. The quantitative estimate of drug-likeness (QED) is 0.714. The molecule has 7 heteroatoms. The number of rotatable bonds is 6. The van der Waals surface area contributed by atoms with Crippen molar-refractivity contribution < 1.29 is 14.3 Å². The maximum Gasteiger partial charge on any atom is 0.251 e. The summed E-state index contributed by atoms with van der Waals surface area (Å²) < 4.78 is 5.48. The van der Waals surface area contributed by atoms with Gasteiger partial charge in [0.25, 0.3) is 11.8 Å². The van der Waals surface area contributed by atoms with E-state index in [-0.39, 0.29) is 23.4 Å². The third kappa shape index (κ3) is 6.53. The first-order valence-corrected chi connectivity index (χ1v) is 10.9. The van der Waals surface area contributed by atoms with E-state index < -0.39 is 0 Å². The van der Waals surface area contributed by atoms with E-state index in [2.05, 4.69) is 15.5 Å². The average molecular weight is 444 g/mol. The van der Waals surface area contributed by atoms with Crippen molar-refractivity contribution in [2.45, 2.75) is 32.4 Å². The molecular weight excluding hydrogens is 414 g/mol. The van der Waals surface area contributed by atoms with E-state index in [9.17, 15) is 9.59 Å². The summed E-state index contributed by atoms with van der Waals surface area (Å²) in [5, 5.41) is 6.63. The fourth-order valence-electron chi connectivity index (χ4n) is 3.55. The van der Waals surface area contributed by atoms with E-state index in [4.69, 9.17) is 16.3 Å². The Morgan fingerprint density at radius 3 is 2.16 bits per heavy atom. The van der Waals surface area contributed by atoms with E-state index in [1.807, 2.05) is 45.0 Å². The first-order valence-electron chi connectivity index (χ1n) is 10.5. The molecule has 0 saturated carbocycles. The van der Waals surface area contributed by atoms with Crippen LogP contribution in [-0.4, -0.2) is 55.1 Å². The number of nitrogens with one attached hydrogen (secondary N) is 2. The monoisotopic (exact) mass is 443 g/mol. The summed E-state index contributed by atoms with van der Waals surface area (Å²) in [6, 6.07) is 14.4. The predicted octanol–water partition coefficient (Wildman–Crippen LogP) is 3.67. The van der Waals surface area contributed by atoms with Crippen LogP contribution < -0.4 is 10.6 Å². The number of morpholine rings is 1. The molecule has 0 spiro atoms. The molecule has 1 aliphatic heterocycles. The summed E-state index contributed by atoms with van der Waals surface area (Å²) >= 11 is 6.45. The smallest absolute Gasteiger partial charge is 0.251 e. The highest BCUT2D eigenvalue weighted by atomic mass is 35.5. The number of carbonyl (C=O) groups excluding carboxylic acids is 2. The van der Waals surface area contributed by atoms with Crippen LogP contribution >= 0.6 is 11.6 Å². The molecular formula is C24H30ClN3O3. The van der Waals surface area contributed by atoms with Gasteiger partial charge in [-0.15, -0.1) is 0 Å². The Morgan fingerprint density at radius 2 is 1.58 bits per heavy atom. The number of ether oxygens (including phenoxy) is 1. The number of hydrogen-bond acceptors (Lipinski definition) is 4. The van der Waals surface area contributed by atoms with Crippen LogP contribution in [-0.2, 0) is 4.74 Å². The molecule has 1 unspecified atom stereocenters. The minimum Gasteiger partial charge on any atom is -0.379 e. The highest BCUT2D eigenvalue weighted by Gasteiger charge is 2.25. The second kappa shape index (κ2) is 10.3. The van der Waals surface area contributed by atoms with Gasteiger partial charge in [-0.25, -0.2) is 0 Å². The van der Waals surface area contributed by atoms with Crippen LogP contribution in [0.2, 0.25) is 5.02 Å². The number of benzene rings is 2. The van der Waals surface area contributed by atoms with Gasteiger partial charge in [-0.3, -0.25) is 14.5 Å². The van der Waals surface area contributed by atoms with Gasteiger partial charge in [0, 0.05) is 41.3 Å². The normalized spacial score (nSPS) is 15.9. The van der Waals surface area contributed by atoms with Crippen LogP contribution in [0.1, 0.15) is 53.1 Å². The van der Waals surface area contributed by atoms with E-state index >= 15 is 0 Å². The first kappa shape index (κ1) is 23.3. The van der Waals surface area contributed by atoms with E-state index in [0.29, 0.717) is 35.9 Å². The molecule has 3 rings (SSSR count). The number of hydrogen-bond donors (Lipinski definition) is 2. The van der Waals surface area contributed by atoms with E-state index in [1.165, 1.54) is 0 Å². The van der Waals surface area contributed by atoms with Gasteiger partial charge in [0.1, 0.15) is 0 Å². The molecule has 1 heterocycles. The second-order valence-electron chi connectivity index (χ2n) is 8.68. The molecule has 0 radical (unpaired) electrons. The lowest BCUT2D eigenvalue weighted by Crippen LogP contribution is -2.44. The topological polar surface area (TPSA) is 70.7 Å². The molecule has 166 valence electrons.